The van der Waals surface area contributed by atoms with E-state index in [9.17, 15) is 4.79 Å². The number of para-hydroxylation sites is 1. The van der Waals surface area contributed by atoms with Crippen molar-refractivity contribution in [1.29, 1.82) is 0 Å². The van der Waals surface area contributed by atoms with E-state index in [1.165, 1.54) is 0 Å². The summed E-state index contributed by atoms with van der Waals surface area (Å²) >= 11 is 0. The van der Waals surface area contributed by atoms with Gasteiger partial charge in [0.1, 0.15) is 5.75 Å². The largest absolute Gasteiger partial charge is 0.496 e. The molecule has 0 aliphatic rings. The highest BCUT2D eigenvalue weighted by Crippen LogP contribution is 2.27. The number of carbonyl (C=O) groups is 1. The Kier molecular flexibility index (Phi) is 6.20. The van der Waals surface area contributed by atoms with Gasteiger partial charge in [0.05, 0.1) is 25.0 Å². The molecule has 0 saturated carbocycles. The fourth-order valence-electron chi connectivity index (χ4n) is 2.48. The Bertz CT molecular complexity index is 669. The van der Waals surface area contributed by atoms with E-state index < -0.39 is 0 Å². The van der Waals surface area contributed by atoms with Crippen molar-refractivity contribution in [3.63, 3.8) is 0 Å². The number of aromatic nitrogens is 2. The van der Waals surface area contributed by atoms with Gasteiger partial charge in [0.25, 0.3) is 0 Å². The van der Waals surface area contributed by atoms with Gasteiger partial charge in [0.15, 0.2) is 0 Å². The highest BCUT2D eigenvalue weighted by Gasteiger charge is 2.19. The number of urea groups is 1. The second-order valence-corrected chi connectivity index (χ2v) is 5.64. The van der Waals surface area contributed by atoms with Crippen LogP contribution in [0.15, 0.2) is 36.7 Å². The minimum atomic E-state index is -0.257. The van der Waals surface area contributed by atoms with Gasteiger partial charge in [0, 0.05) is 24.8 Å². The van der Waals surface area contributed by atoms with Gasteiger partial charge in [-0.2, -0.15) is 5.10 Å². The molecule has 0 radical (unpaired) electrons. The van der Waals surface area contributed by atoms with Gasteiger partial charge in [-0.1, -0.05) is 18.2 Å². The van der Waals surface area contributed by atoms with Gasteiger partial charge in [0.2, 0.25) is 0 Å². The predicted molar refractivity (Wildman–Crippen MR) is 94.3 cm³/mol. The van der Waals surface area contributed by atoms with Crippen LogP contribution in [-0.4, -0.2) is 48.5 Å². The van der Waals surface area contributed by atoms with E-state index in [-0.39, 0.29) is 12.1 Å². The molecule has 2 rings (SSSR count). The molecule has 0 fully saturated rings. The number of nitrogens with zero attached hydrogens (tertiary/aromatic N) is 3. The van der Waals surface area contributed by atoms with Gasteiger partial charge >= 0.3 is 6.03 Å². The Balaban J connectivity index is 1.99. The van der Waals surface area contributed by atoms with Gasteiger partial charge in [-0.25, -0.2) is 4.79 Å². The smallest absolute Gasteiger partial charge is 0.319 e. The molecule has 1 aromatic carbocycles. The number of methoxy groups -OCH3 is 1. The second kappa shape index (κ2) is 8.35. The van der Waals surface area contributed by atoms with E-state index in [4.69, 9.17) is 4.74 Å². The number of benzene rings is 1. The normalized spacial score (nSPS) is 12.0. The molecule has 130 valence electrons. The molecule has 0 saturated heterocycles. The van der Waals surface area contributed by atoms with E-state index in [2.05, 4.69) is 15.7 Å². The van der Waals surface area contributed by atoms with E-state index >= 15 is 0 Å². The molecule has 1 heterocycles. The third-order valence-corrected chi connectivity index (χ3v) is 3.79. The zero-order chi connectivity index (χ0) is 17.5. The summed E-state index contributed by atoms with van der Waals surface area (Å²) in [6, 6.07) is 7.57. The number of amides is 2. The van der Waals surface area contributed by atoms with Crippen LogP contribution < -0.4 is 15.4 Å². The summed E-state index contributed by atoms with van der Waals surface area (Å²) < 4.78 is 7.19. The maximum absolute atomic E-state index is 12.1. The van der Waals surface area contributed by atoms with Crippen molar-refractivity contribution >= 4 is 11.7 Å². The minimum Gasteiger partial charge on any atom is -0.496 e. The molecule has 0 spiro atoms. The average molecular weight is 331 g/mol. The Morgan fingerprint density at radius 1 is 1.38 bits per heavy atom. The highest BCUT2D eigenvalue weighted by molar-refractivity contribution is 5.88. The number of carbonyl (C=O) groups excluding carboxylic acids is 1. The zero-order valence-electron chi connectivity index (χ0n) is 14.6. The number of aryl methyl sites for hydroxylation is 1. The highest BCUT2D eigenvalue weighted by atomic mass is 16.5. The lowest BCUT2D eigenvalue weighted by molar-refractivity contribution is 0.242. The van der Waals surface area contributed by atoms with Crippen molar-refractivity contribution in [2.24, 2.45) is 0 Å². The number of hydrogen-bond donors (Lipinski definition) is 2. The van der Waals surface area contributed by atoms with E-state index in [1.54, 1.807) is 24.2 Å². The van der Waals surface area contributed by atoms with Crippen LogP contribution in [-0.2, 0) is 6.54 Å². The van der Waals surface area contributed by atoms with Crippen molar-refractivity contribution in [1.82, 2.24) is 20.0 Å². The monoisotopic (exact) mass is 331 g/mol. The van der Waals surface area contributed by atoms with Crippen LogP contribution in [0.1, 0.15) is 18.5 Å². The summed E-state index contributed by atoms with van der Waals surface area (Å²) in [6.07, 6.45) is 3.43. The van der Waals surface area contributed by atoms with E-state index in [0.717, 1.165) is 17.9 Å². The van der Waals surface area contributed by atoms with Gasteiger partial charge in [-0.3, -0.25) is 4.68 Å². The maximum atomic E-state index is 12.1. The molecule has 7 heteroatoms. The van der Waals surface area contributed by atoms with Crippen molar-refractivity contribution in [2.75, 3.05) is 33.1 Å². The van der Waals surface area contributed by atoms with E-state index in [1.807, 2.05) is 50.2 Å². The van der Waals surface area contributed by atoms with Crippen LogP contribution in [0.5, 0.6) is 5.75 Å². The van der Waals surface area contributed by atoms with Gasteiger partial charge in [-0.15, -0.1) is 0 Å². The Hall–Kier alpha value is -2.54. The molecule has 1 atom stereocenters. The first-order valence-corrected chi connectivity index (χ1v) is 7.91. The first-order valence-electron chi connectivity index (χ1n) is 7.91. The first kappa shape index (κ1) is 17.8. The fourth-order valence-corrected chi connectivity index (χ4v) is 2.48. The third-order valence-electron chi connectivity index (χ3n) is 3.79. The topological polar surface area (TPSA) is 71.4 Å². The van der Waals surface area contributed by atoms with Crippen molar-refractivity contribution in [3.8, 4) is 5.75 Å². The lowest BCUT2D eigenvalue weighted by Crippen LogP contribution is -2.37. The minimum absolute atomic E-state index is 0.00488. The van der Waals surface area contributed by atoms with E-state index in [0.29, 0.717) is 12.2 Å². The molecule has 1 unspecified atom stereocenters. The number of rotatable bonds is 7. The molecule has 2 aromatic rings. The SMILES string of the molecule is CCn1cc(NC(=O)NCC(c2ccccc2OC)N(C)C)cn1. The number of anilines is 1. The van der Waals surface area contributed by atoms with Crippen molar-refractivity contribution in [2.45, 2.75) is 19.5 Å². The summed E-state index contributed by atoms with van der Waals surface area (Å²) in [6.45, 7) is 3.21. The number of hydrogen-bond acceptors (Lipinski definition) is 4. The average Bonchev–Trinajstić information content (AvgIpc) is 3.02. The molecule has 0 aliphatic carbocycles. The number of nitrogens with one attached hydrogen (secondary N) is 2. The van der Waals surface area contributed by atoms with Crippen molar-refractivity contribution < 1.29 is 9.53 Å². The van der Waals surface area contributed by atoms with Crippen LogP contribution in [0.4, 0.5) is 10.5 Å². The molecule has 2 N–H and O–H groups in total. The zero-order valence-corrected chi connectivity index (χ0v) is 14.6. The summed E-state index contributed by atoms with van der Waals surface area (Å²) in [7, 11) is 5.60. The third kappa shape index (κ3) is 4.48. The summed E-state index contributed by atoms with van der Waals surface area (Å²) in [5, 5.41) is 9.82. The molecular weight excluding hydrogens is 306 g/mol. The quantitative estimate of drug-likeness (QED) is 0.817. The molecule has 0 aliphatic heterocycles. The molecule has 1 aromatic heterocycles. The molecule has 0 bridgehead atoms. The van der Waals surface area contributed by atoms with Crippen LogP contribution in [0.25, 0.3) is 0 Å². The van der Waals surface area contributed by atoms with Crippen LogP contribution in [0, 0.1) is 0 Å². The number of likely N-dealkylation sites (N-methyl/N-ethyl adjacent to an activating group) is 1. The molecular formula is C17H25N5O2. The molecule has 7 nitrogen and oxygen atoms in total. The Morgan fingerprint density at radius 3 is 2.75 bits per heavy atom. The first-order chi connectivity index (χ1) is 11.5. The van der Waals surface area contributed by atoms with Gasteiger partial charge < -0.3 is 20.3 Å². The Labute approximate surface area is 142 Å². The molecule has 2 amide bonds. The lowest BCUT2D eigenvalue weighted by atomic mass is 10.0. The summed E-state index contributed by atoms with van der Waals surface area (Å²) in [4.78, 5) is 14.2. The van der Waals surface area contributed by atoms with Crippen LogP contribution in [0.3, 0.4) is 0 Å². The summed E-state index contributed by atoms with van der Waals surface area (Å²) in [5.41, 5.74) is 1.71. The Morgan fingerprint density at radius 2 is 2.12 bits per heavy atom. The molecule has 24 heavy (non-hydrogen) atoms. The predicted octanol–water partition coefficient (Wildman–Crippen LogP) is 2.34. The lowest BCUT2D eigenvalue weighted by Gasteiger charge is -2.26. The van der Waals surface area contributed by atoms with Crippen LogP contribution >= 0.6 is 0 Å². The van der Waals surface area contributed by atoms with Crippen molar-refractivity contribution in [3.05, 3.63) is 42.2 Å². The fraction of sp³-hybridized carbons (Fsp3) is 0.412. The summed E-state index contributed by atoms with van der Waals surface area (Å²) in [5.74, 6) is 0.808. The standard InChI is InChI=1S/C17H25N5O2/c1-5-22-12-13(10-19-22)20-17(23)18-11-15(21(2)3)14-8-6-7-9-16(14)24-4/h6-10,12,15H,5,11H2,1-4H3,(H2,18,20,23). The second-order valence-electron chi connectivity index (χ2n) is 5.64. The number of ether oxygens (including phenoxy) is 1. The van der Waals surface area contributed by atoms with Crippen LogP contribution in [0.2, 0.25) is 0 Å². The maximum Gasteiger partial charge on any atom is 0.319 e. The van der Waals surface area contributed by atoms with Gasteiger partial charge in [-0.05, 0) is 27.1 Å².